The molecule has 3 aromatic rings. The molecule has 2 unspecified atom stereocenters. The molecule has 6 nitrogen and oxygen atoms in total. The predicted octanol–water partition coefficient (Wildman–Crippen LogP) is 4.72. The average molecular weight is 466 g/mol. The highest BCUT2D eigenvalue weighted by molar-refractivity contribution is 5.84. The first-order chi connectivity index (χ1) is 16.4. The molecule has 1 aromatic carbocycles. The van der Waals surface area contributed by atoms with E-state index in [-0.39, 0.29) is 29.5 Å². The molecule has 1 amide bonds. The standard InChI is InChI=1S/C27H32FN3O3/c1-4-34-27(33)19(3)18(2)10-11-25(32)30-14-12-22-23-9-6-13-29-26(23)31(24(22)17-30)16-20-7-5-8-21(28)15-20/h5-9,13,15,18-19H,4,10-12,14,16-17H2,1-3H3. The van der Waals surface area contributed by atoms with E-state index >= 15 is 0 Å². The third kappa shape index (κ3) is 4.98. The molecule has 1 aliphatic heterocycles. The average Bonchev–Trinajstić information content (AvgIpc) is 3.15. The number of hydrogen-bond acceptors (Lipinski definition) is 4. The number of ether oxygens (including phenoxy) is 1. The van der Waals surface area contributed by atoms with E-state index in [4.69, 9.17) is 4.74 Å². The summed E-state index contributed by atoms with van der Waals surface area (Å²) in [5, 5.41) is 1.10. The van der Waals surface area contributed by atoms with Gasteiger partial charge in [-0.25, -0.2) is 9.37 Å². The van der Waals surface area contributed by atoms with Gasteiger partial charge in [-0.05, 0) is 61.1 Å². The van der Waals surface area contributed by atoms with E-state index in [1.54, 1.807) is 25.3 Å². The molecule has 180 valence electrons. The Morgan fingerprint density at radius 3 is 2.79 bits per heavy atom. The van der Waals surface area contributed by atoms with Gasteiger partial charge in [-0.3, -0.25) is 9.59 Å². The van der Waals surface area contributed by atoms with Gasteiger partial charge in [0.25, 0.3) is 0 Å². The summed E-state index contributed by atoms with van der Waals surface area (Å²) in [7, 11) is 0. The Balaban J connectivity index is 1.51. The van der Waals surface area contributed by atoms with Crippen LogP contribution in [0.25, 0.3) is 11.0 Å². The van der Waals surface area contributed by atoms with E-state index in [0.717, 1.165) is 28.7 Å². The molecule has 34 heavy (non-hydrogen) atoms. The van der Waals surface area contributed by atoms with Crippen LogP contribution in [0, 0.1) is 17.7 Å². The van der Waals surface area contributed by atoms with Crippen LogP contribution in [-0.2, 0) is 33.8 Å². The number of halogens is 1. The molecule has 2 atom stereocenters. The minimum absolute atomic E-state index is 0.0620. The maximum atomic E-state index is 13.8. The number of esters is 1. The van der Waals surface area contributed by atoms with Gasteiger partial charge in [0, 0.05) is 36.8 Å². The predicted molar refractivity (Wildman–Crippen MR) is 129 cm³/mol. The van der Waals surface area contributed by atoms with Crippen molar-refractivity contribution in [3.63, 3.8) is 0 Å². The summed E-state index contributed by atoms with van der Waals surface area (Å²) in [5.74, 6) is -0.560. The maximum Gasteiger partial charge on any atom is 0.308 e. The van der Waals surface area contributed by atoms with E-state index in [1.165, 1.54) is 11.6 Å². The second-order valence-electron chi connectivity index (χ2n) is 9.14. The van der Waals surface area contributed by atoms with Crippen molar-refractivity contribution in [3.8, 4) is 0 Å². The molecule has 0 saturated carbocycles. The van der Waals surface area contributed by atoms with Crippen molar-refractivity contribution in [1.82, 2.24) is 14.5 Å². The molecule has 7 heteroatoms. The van der Waals surface area contributed by atoms with Gasteiger partial charge >= 0.3 is 5.97 Å². The van der Waals surface area contributed by atoms with Crippen molar-refractivity contribution < 1.29 is 18.7 Å². The molecule has 3 heterocycles. The lowest BCUT2D eigenvalue weighted by atomic mass is 9.91. The van der Waals surface area contributed by atoms with Crippen LogP contribution in [0.15, 0.2) is 42.6 Å². The van der Waals surface area contributed by atoms with Crippen molar-refractivity contribution in [2.24, 2.45) is 11.8 Å². The quantitative estimate of drug-likeness (QED) is 0.452. The number of nitrogens with zero attached hydrogens (tertiary/aromatic N) is 3. The van der Waals surface area contributed by atoms with E-state index < -0.39 is 0 Å². The van der Waals surface area contributed by atoms with Gasteiger partial charge in [0.15, 0.2) is 0 Å². The van der Waals surface area contributed by atoms with Gasteiger partial charge < -0.3 is 14.2 Å². The minimum Gasteiger partial charge on any atom is -0.466 e. The van der Waals surface area contributed by atoms with E-state index in [2.05, 4.69) is 15.6 Å². The fourth-order valence-corrected chi connectivity index (χ4v) is 4.73. The number of rotatable bonds is 8. The molecule has 0 bridgehead atoms. The minimum atomic E-state index is -0.265. The van der Waals surface area contributed by atoms with Gasteiger partial charge in [-0.1, -0.05) is 26.0 Å². The smallest absolute Gasteiger partial charge is 0.308 e. The van der Waals surface area contributed by atoms with Crippen LogP contribution in [0.1, 0.15) is 50.4 Å². The van der Waals surface area contributed by atoms with Crippen molar-refractivity contribution >= 4 is 22.9 Å². The second-order valence-corrected chi connectivity index (χ2v) is 9.14. The molecule has 1 aliphatic rings. The Morgan fingerprint density at radius 2 is 2.03 bits per heavy atom. The van der Waals surface area contributed by atoms with Gasteiger partial charge in [-0.15, -0.1) is 0 Å². The van der Waals surface area contributed by atoms with Crippen LogP contribution in [0.5, 0.6) is 0 Å². The highest BCUT2D eigenvalue weighted by atomic mass is 19.1. The fraction of sp³-hybridized carbons (Fsp3) is 0.444. The highest BCUT2D eigenvalue weighted by Gasteiger charge is 2.28. The van der Waals surface area contributed by atoms with Crippen LogP contribution in [-0.4, -0.2) is 39.5 Å². The van der Waals surface area contributed by atoms with Crippen molar-refractivity contribution in [2.75, 3.05) is 13.2 Å². The van der Waals surface area contributed by atoms with Crippen LogP contribution >= 0.6 is 0 Å². The zero-order valence-electron chi connectivity index (χ0n) is 20.1. The third-order valence-corrected chi connectivity index (χ3v) is 6.92. The molecule has 2 aromatic heterocycles. The maximum absolute atomic E-state index is 13.8. The van der Waals surface area contributed by atoms with Crippen LogP contribution in [0.3, 0.4) is 0 Å². The first kappa shape index (κ1) is 23.9. The van der Waals surface area contributed by atoms with E-state index in [9.17, 15) is 14.0 Å². The van der Waals surface area contributed by atoms with Crippen molar-refractivity contribution in [3.05, 3.63) is 65.2 Å². The van der Waals surface area contributed by atoms with Crippen LogP contribution in [0.2, 0.25) is 0 Å². The number of pyridine rings is 1. The normalized spacial score (nSPS) is 15.1. The zero-order chi connectivity index (χ0) is 24.2. The summed E-state index contributed by atoms with van der Waals surface area (Å²) in [5.41, 5.74) is 4.00. The number of carbonyl (C=O) groups is 2. The van der Waals surface area contributed by atoms with Crippen LogP contribution in [0.4, 0.5) is 4.39 Å². The first-order valence-electron chi connectivity index (χ1n) is 12.0. The number of hydrogen-bond donors (Lipinski definition) is 0. The summed E-state index contributed by atoms with van der Waals surface area (Å²) in [6.45, 7) is 7.67. The Bertz CT molecular complexity index is 1190. The monoisotopic (exact) mass is 465 g/mol. The lowest BCUT2D eigenvalue weighted by molar-refractivity contribution is -0.149. The molecular formula is C27H32FN3O3. The number of aromatic nitrogens is 2. The number of amides is 1. The van der Waals surface area contributed by atoms with Gasteiger partial charge in [0.05, 0.1) is 19.1 Å². The molecular weight excluding hydrogens is 433 g/mol. The zero-order valence-corrected chi connectivity index (χ0v) is 20.1. The summed E-state index contributed by atoms with van der Waals surface area (Å²) >= 11 is 0. The summed E-state index contributed by atoms with van der Waals surface area (Å²) < 4.78 is 21.0. The molecule has 0 spiro atoms. The topological polar surface area (TPSA) is 64.4 Å². The number of carbonyl (C=O) groups excluding carboxylic acids is 2. The van der Waals surface area contributed by atoms with E-state index in [1.807, 2.05) is 30.9 Å². The number of benzene rings is 1. The van der Waals surface area contributed by atoms with Crippen LogP contribution < -0.4 is 0 Å². The highest BCUT2D eigenvalue weighted by Crippen LogP contribution is 2.31. The fourth-order valence-electron chi connectivity index (χ4n) is 4.73. The van der Waals surface area contributed by atoms with Gasteiger partial charge in [-0.2, -0.15) is 0 Å². The first-order valence-corrected chi connectivity index (χ1v) is 12.0. The van der Waals surface area contributed by atoms with Gasteiger partial charge in [0.1, 0.15) is 11.5 Å². The van der Waals surface area contributed by atoms with Crippen molar-refractivity contribution in [2.45, 2.75) is 53.1 Å². The molecule has 0 saturated heterocycles. The van der Waals surface area contributed by atoms with Crippen molar-refractivity contribution in [1.29, 1.82) is 0 Å². The lowest BCUT2D eigenvalue weighted by Gasteiger charge is -2.29. The summed E-state index contributed by atoms with van der Waals surface area (Å²) in [4.78, 5) is 31.6. The molecule has 0 N–H and O–H groups in total. The Hall–Kier alpha value is -3.22. The molecule has 4 rings (SSSR count). The van der Waals surface area contributed by atoms with Gasteiger partial charge in [0.2, 0.25) is 5.91 Å². The third-order valence-electron chi connectivity index (χ3n) is 6.92. The molecule has 0 radical (unpaired) electrons. The summed E-state index contributed by atoms with van der Waals surface area (Å²) in [6.07, 6.45) is 3.55. The Kier molecular flexibility index (Phi) is 7.29. The lowest BCUT2D eigenvalue weighted by Crippen LogP contribution is -2.37. The SMILES string of the molecule is CCOC(=O)C(C)C(C)CCC(=O)N1CCc2c(n(Cc3cccc(F)c3)c3ncccc23)C1. The number of fused-ring (bicyclic) bond motifs is 3. The Labute approximate surface area is 199 Å². The van der Waals surface area contributed by atoms with E-state index in [0.29, 0.717) is 39.1 Å². The summed E-state index contributed by atoms with van der Waals surface area (Å²) in [6, 6.07) is 10.6. The molecule has 0 aliphatic carbocycles. The second kappa shape index (κ2) is 10.4. The Morgan fingerprint density at radius 1 is 1.21 bits per heavy atom. The largest absolute Gasteiger partial charge is 0.466 e. The molecule has 0 fully saturated rings.